The van der Waals surface area contributed by atoms with Crippen molar-refractivity contribution in [1.29, 1.82) is 0 Å². The van der Waals surface area contributed by atoms with Gasteiger partial charge in [-0.15, -0.1) is 0 Å². The van der Waals surface area contributed by atoms with Gasteiger partial charge < -0.3 is 9.64 Å². The molecule has 0 spiro atoms. The van der Waals surface area contributed by atoms with E-state index in [9.17, 15) is 4.79 Å². The molecule has 0 aromatic heterocycles. The Morgan fingerprint density at radius 2 is 2.16 bits per heavy atom. The zero-order chi connectivity index (χ0) is 13.8. The molecule has 1 amide bonds. The predicted molar refractivity (Wildman–Crippen MR) is 76.2 cm³/mol. The van der Waals surface area contributed by atoms with E-state index in [0.717, 1.165) is 36.7 Å². The minimum absolute atomic E-state index is 0.229. The number of likely N-dealkylation sites (tertiary alicyclic amines) is 1. The Labute approximate surface area is 115 Å². The van der Waals surface area contributed by atoms with Crippen LogP contribution in [0.5, 0.6) is 5.75 Å². The third-order valence-electron chi connectivity index (χ3n) is 4.18. The van der Waals surface area contributed by atoms with E-state index < -0.39 is 0 Å². The van der Waals surface area contributed by atoms with Crippen LogP contribution in [-0.2, 0) is 11.2 Å². The summed E-state index contributed by atoms with van der Waals surface area (Å²) < 4.78 is 5.19. The van der Waals surface area contributed by atoms with Crippen LogP contribution in [0.15, 0.2) is 24.3 Å². The van der Waals surface area contributed by atoms with Crippen molar-refractivity contribution in [3.05, 3.63) is 29.8 Å². The third-order valence-corrected chi connectivity index (χ3v) is 4.18. The molecule has 3 heteroatoms. The highest BCUT2D eigenvalue weighted by atomic mass is 16.5. The van der Waals surface area contributed by atoms with Crippen LogP contribution in [0.4, 0.5) is 0 Å². The average molecular weight is 261 g/mol. The second kappa shape index (κ2) is 6.09. The Morgan fingerprint density at radius 3 is 2.84 bits per heavy atom. The SMILES string of the molecule is COc1cccc(CC(=O)N2CCC(C)C(C)C2)c1. The fourth-order valence-electron chi connectivity index (χ4n) is 2.56. The summed E-state index contributed by atoms with van der Waals surface area (Å²) in [7, 11) is 1.65. The average Bonchev–Trinajstić information content (AvgIpc) is 2.42. The van der Waals surface area contributed by atoms with Gasteiger partial charge >= 0.3 is 0 Å². The number of amides is 1. The second-order valence-electron chi connectivity index (χ2n) is 5.61. The normalized spacial score (nSPS) is 23.2. The van der Waals surface area contributed by atoms with E-state index in [1.165, 1.54) is 0 Å². The first kappa shape index (κ1) is 13.9. The second-order valence-corrected chi connectivity index (χ2v) is 5.61. The summed E-state index contributed by atoms with van der Waals surface area (Å²) >= 11 is 0. The molecular weight excluding hydrogens is 238 g/mol. The highest BCUT2D eigenvalue weighted by Gasteiger charge is 2.25. The molecule has 1 aromatic rings. The number of hydrogen-bond acceptors (Lipinski definition) is 2. The maximum Gasteiger partial charge on any atom is 0.227 e. The van der Waals surface area contributed by atoms with Crippen LogP contribution in [0, 0.1) is 11.8 Å². The van der Waals surface area contributed by atoms with Crippen molar-refractivity contribution in [2.75, 3.05) is 20.2 Å². The number of hydrogen-bond donors (Lipinski definition) is 0. The van der Waals surface area contributed by atoms with Gasteiger partial charge in [-0.25, -0.2) is 0 Å². The fourth-order valence-corrected chi connectivity index (χ4v) is 2.56. The quantitative estimate of drug-likeness (QED) is 0.837. The summed E-state index contributed by atoms with van der Waals surface area (Å²) in [5.41, 5.74) is 1.02. The molecule has 2 unspecified atom stereocenters. The van der Waals surface area contributed by atoms with Crippen LogP contribution in [0.25, 0.3) is 0 Å². The summed E-state index contributed by atoms with van der Waals surface area (Å²) in [5, 5.41) is 0. The van der Waals surface area contributed by atoms with E-state index in [4.69, 9.17) is 4.74 Å². The molecule has 2 atom stereocenters. The van der Waals surface area contributed by atoms with Crippen molar-refractivity contribution >= 4 is 5.91 Å². The van der Waals surface area contributed by atoms with Crippen molar-refractivity contribution in [3.63, 3.8) is 0 Å². The lowest BCUT2D eigenvalue weighted by Crippen LogP contribution is -2.42. The molecule has 0 saturated carbocycles. The van der Waals surface area contributed by atoms with Gasteiger partial charge in [-0.1, -0.05) is 26.0 Å². The molecule has 1 heterocycles. The van der Waals surface area contributed by atoms with Gasteiger partial charge in [0.15, 0.2) is 0 Å². The number of piperidine rings is 1. The highest BCUT2D eigenvalue weighted by molar-refractivity contribution is 5.79. The molecule has 0 radical (unpaired) electrons. The molecule has 1 aliphatic heterocycles. The van der Waals surface area contributed by atoms with E-state index in [-0.39, 0.29) is 5.91 Å². The van der Waals surface area contributed by atoms with E-state index in [0.29, 0.717) is 12.3 Å². The number of ether oxygens (including phenoxy) is 1. The lowest BCUT2D eigenvalue weighted by atomic mass is 9.88. The Balaban J connectivity index is 1.97. The molecule has 1 aliphatic rings. The molecule has 1 aromatic carbocycles. The maximum atomic E-state index is 12.3. The minimum atomic E-state index is 0.229. The van der Waals surface area contributed by atoms with Gasteiger partial charge in [0.2, 0.25) is 5.91 Å². The summed E-state index contributed by atoms with van der Waals surface area (Å²) in [6.07, 6.45) is 1.59. The maximum absolute atomic E-state index is 12.3. The molecule has 1 saturated heterocycles. The van der Waals surface area contributed by atoms with Crippen molar-refractivity contribution in [2.24, 2.45) is 11.8 Å². The first-order valence-electron chi connectivity index (χ1n) is 7.01. The van der Waals surface area contributed by atoms with Crippen LogP contribution in [0.1, 0.15) is 25.8 Å². The Morgan fingerprint density at radius 1 is 1.37 bits per heavy atom. The predicted octanol–water partition coefficient (Wildman–Crippen LogP) is 2.74. The number of nitrogens with zero attached hydrogens (tertiary/aromatic N) is 1. The van der Waals surface area contributed by atoms with Crippen LogP contribution < -0.4 is 4.74 Å². The number of carbonyl (C=O) groups excluding carboxylic acids is 1. The molecule has 104 valence electrons. The Hall–Kier alpha value is -1.51. The van der Waals surface area contributed by atoms with Crippen LogP contribution >= 0.6 is 0 Å². The first-order chi connectivity index (χ1) is 9.10. The molecule has 2 rings (SSSR count). The van der Waals surface area contributed by atoms with Gasteiger partial charge in [-0.05, 0) is 36.0 Å². The molecule has 0 N–H and O–H groups in total. The monoisotopic (exact) mass is 261 g/mol. The van der Waals surface area contributed by atoms with Gasteiger partial charge in [0.1, 0.15) is 5.75 Å². The van der Waals surface area contributed by atoms with E-state index in [1.54, 1.807) is 7.11 Å². The molecule has 1 fully saturated rings. The lowest BCUT2D eigenvalue weighted by molar-refractivity contribution is -0.132. The molecule has 0 bridgehead atoms. The third kappa shape index (κ3) is 3.49. The highest BCUT2D eigenvalue weighted by Crippen LogP contribution is 2.23. The number of methoxy groups -OCH3 is 1. The number of rotatable bonds is 3. The van der Waals surface area contributed by atoms with Crippen molar-refractivity contribution < 1.29 is 9.53 Å². The van der Waals surface area contributed by atoms with Gasteiger partial charge in [-0.2, -0.15) is 0 Å². The van der Waals surface area contributed by atoms with Gasteiger partial charge in [-0.3, -0.25) is 4.79 Å². The molecule has 3 nitrogen and oxygen atoms in total. The molecule has 19 heavy (non-hydrogen) atoms. The van der Waals surface area contributed by atoms with Crippen molar-refractivity contribution in [2.45, 2.75) is 26.7 Å². The lowest BCUT2D eigenvalue weighted by Gasteiger charge is -2.35. The van der Waals surface area contributed by atoms with Crippen LogP contribution in [0.2, 0.25) is 0 Å². The van der Waals surface area contributed by atoms with Crippen molar-refractivity contribution in [3.8, 4) is 5.75 Å². The largest absolute Gasteiger partial charge is 0.497 e. The van der Waals surface area contributed by atoms with Gasteiger partial charge in [0.25, 0.3) is 0 Å². The van der Waals surface area contributed by atoms with E-state index >= 15 is 0 Å². The number of benzene rings is 1. The zero-order valence-electron chi connectivity index (χ0n) is 12.1. The minimum Gasteiger partial charge on any atom is -0.497 e. The smallest absolute Gasteiger partial charge is 0.227 e. The van der Waals surface area contributed by atoms with Gasteiger partial charge in [0, 0.05) is 13.1 Å². The van der Waals surface area contributed by atoms with Gasteiger partial charge in [0.05, 0.1) is 13.5 Å². The fraction of sp³-hybridized carbons (Fsp3) is 0.562. The van der Waals surface area contributed by atoms with E-state index in [1.807, 2.05) is 29.2 Å². The number of carbonyl (C=O) groups is 1. The van der Waals surface area contributed by atoms with Crippen molar-refractivity contribution in [1.82, 2.24) is 4.90 Å². The standard InChI is InChI=1S/C16H23NO2/c1-12-7-8-17(11-13(12)2)16(18)10-14-5-4-6-15(9-14)19-3/h4-6,9,12-13H,7-8,10-11H2,1-3H3. The summed E-state index contributed by atoms with van der Waals surface area (Å²) in [6, 6.07) is 7.76. The molecular formula is C16H23NO2. The Kier molecular flexibility index (Phi) is 4.46. The summed E-state index contributed by atoms with van der Waals surface area (Å²) in [6.45, 7) is 6.29. The zero-order valence-corrected chi connectivity index (χ0v) is 12.1. The molecule has 0 aliphatic carbocycles. The van der Waals surface area contributed by atoms with E-state index in [2.05, 4.69) is 13.8 Å². The van der Waals surface area contributed by atoms with Crippen LogP contribution in [-0.4, -0.2) is 31.0 Å². The summed E-state index contributed by atoms with van der Waals surface area (Å²) in [4.78, 5) is 14.3. The first-order valence-corrected chi connectivity index (χ1v) is 7.01. The summed E-state index contributed by atoms with van der Waals surface area (Å²) in [5.74, 6) is 2.36. The van der Waals surface area contributed by atoms with Crippen LogP contribution in [0.3, 0.4) is 0 Å². The Bertz CT molecular complexity index is 444. The topological polar surface area (TPSA) is 29.5 Å².